The maximum atomic E-state index is 12.7. The topological polar surface area (TPSA) is 58.6 Å². The minimum absolute atomic E-state index is 0.135. The summed E-state index contributed by atoms with van der Waals surface area (Å²) in [7, 11) is 0. The van der Waals surface area contributed by atoms with E-state index in [1.54, 1.807) is 0 Å². The van der Waals surface area contributed by atoms with Crippen LogP contribution in [0, 0.1) is 5.92 Å². The smallest absolute Gasteiger partial charge is 0.417 e. The Bertz CT molecular complexity index is 377. The molecular formula is C14H22F3NO3S. The second-order valence-electron chi connectivity index (χ2n) is 5.56. The van der Waals surface area contributed by atoms with Gasteiger partial charge < -0.3 is 5.11 Å². The van der Waals surface area contributed by atoms with Crippen molar-refractivity contribution < 1.29 is 27.9 Å². The third-order valence-corrected chi connectivity index (χ3v) is 4.10. The van der Waals surface area contributed by atoms with Crippen molar-refractivity contribution >= 4 is 23.2 Å². The van der Waals surface area contributed by atoms with Gasteiger partial charge in [-0.25, -0.2) is 0 Å². The van der Waals surface area contributed by atoms with E-state index in [1.807, 2.05) is 0 Å². The van der Waals surface area contributed by atoms with Gasteiger partial charge in [0, 0.05) is 12.3 Å². The second-order valence-corrected chi connectivity index (χ2v) is 6.00. The zero-order chi connectivity index (χ0) is 16.6. The number of unbranched alkanes of at least 4 members (excludes halogenated alkanes) is 6. The Balaban J connectivity index is 2.08. The predicted molar refractivity (Wildman–Crippen MR) is 79.3 cm³/mol. The van der Waals surface area contributed by atoms with Gasteiger partial charge in [-0.05, 0) is 12.8 Å². The molecule has 4 nitrogen and oxygen atoms in total. The fourth-order valence-electron chi connectivity index (χ4n) is 2.52. The lowest BCUT2D eigenvalue weighted by Crippen LogP contribution is -2.35. The Hall–Kier alpha value is -0.890. The summed E-state index contributed by atoms with van der Waals surface area (Å²) in [6, 6.07) is 0. The Morgan fingerprint density at radius 1 is 1.14 bits per heavy atom. The van der Waals surface area contributed by atoms with Crippen molar-refractivity contribution in [2.75, 3.05) is 0 Å². The van der Waals surface area contributed by atoms with Gasteiger partial charge >= 0.3 is 12.1 Å². The number of hydrogen-bond acceptors (Lipinski definition) is 3. The highest BCUT2D eigenvalue weighted by Crippen LogP contribution is 2.34. The number of alkyl halides is 3. The molecule has 0 amide bonds. The number of hydroxylamine groups is 1. The maximum absolute atomic E-state index is 12.7. The second kappa shape index (κ2) is 9.29. The molecular weight excluding hydrogens is 319 g/mol. The van der Waals surface area contributed by atoms with Crippen LogP contribution in [0.5, 0.6) is 0 Å². The summed E-state index contributed by atoms with van der Waals surface area (Å²) < 4.78 is 38.2. The fourth-order valence-corrected chi connectivity index (χ4v) is 2.81. The molecule has 1 rings (SSSR count). The van der Waals surface area contributed by atoms with E-state index in [-0.39, 0.29) is 11.4 Å². The number of halogens is 3. The number of thiocarbonyl (C=S) groups is 1. The van der Waals surface area contributed by atoms with Gasteiger partial charge in [-0.1, -0.05) is 50.7 Å². The lowest BCUT2D eigenvalue weighted by Gasteiger charge is -2.18. The first-order chi connectivity index (χ1) is 10.3. The largest absolute Gasteiger partial charge is 0.481 e. The molecule has 0 radical (unpaired) electrons. The summed E-state index contributed by atoms with van der Waals surface area (Å²) >= 11 is 4.87. The quantitative estimate of drug-likeness (QED) is 0.465. The van der Waals surface area contributed by atoms with Gasteiger partial charge in [0.1, 0.15) is 4.99 Å². The summed E-state index contributed by atoms with van der Waals surface area (Å²) in [5.74, 6) is -1.56. The van der Waals surface area contributed by atoms with Crippen LogP contribution < -0.4 is 5.48 Å². The lowest BCUT2D eigenvalue weighted by molar-refractivity contribution is -0.228. The van der Waals surface area contributed by atoms with Crippen LogP contribution >= 0.6 is 12.2 Å². The van der Waals surface area contributed by atoms with Crippen LogP contribution in [-0.2, 0) is 9.63 Å². The number of hydrogen-bond donors (Lipinski definition) is 2. The van der Waals surface area contributed by atoms with Gasteiger partial charge in [0.2, 0.25) is 0 Å². The van der Waals surface area contributed by atoms with Gasteiger partial charge in [0.25, 0.3) is 0 Å². The van der Waals surface area contributed by atoms with E-state index in [4.69, 9.17) is 17.3 Å². The first kappa shape index (κ1) is 19.2. The molecule has 1 heterocycles. The van der Waals surface area contributed by atoms with Gasteiger partial charge in [0.15, 0.2) is 6.10 Å². The highest BCUT2D eigenvalue weighted by Gasteiger charge is 2.51. The van der Waals surface area contributed by atoms with Gasteiger partial charge in [0.05, 0.1) is 0 Å². The minimum atomic E-state index is -4.40. The first-order valence-corrected chi connectivity index (χ1v) is 7.97. The molecule has 128 valence electrons. The summed E-state index contributed by atoms with van der Waals surface area (Å²) in [6.45, 7) is 0. The van der Waals surface area contributed by atoms with Crippen molar-refractivity contribution in [1.82, 2.24) is 5.48 Å². The standard InChI is InChI=1S/C14H22F3NO3S/c15-14(16,17)12-10(13(22)18-21-12)8-6-4-2-1-3-5-7-9-11(19)20/h10,12H,1-9H2,(H,18,22)(H,19,20). The molecule has 22 heavy (non-hydrogen) atoms. The van der Waals surface area contributed by atoms with Crippen molar-refractivity contribution in [3.05, 3.63) is 0 Å². The number of carboxylic acid groups (broad SMARTS) is 1. The molecule has 1 saturated heterocycles. The summed E-state index contributed by atoms with van der Waals surface area (Å²) in [4.78, 5) is 15.0. The predicted octanol–water partition coefficient (Wildman–Crippen LogP) is 3.99. The van der Waals surface area contributed by atoms with E-state index in [0.29, 0.717) is 19.3 Å². The maximum Gasteiger partial charge on any atom is 0.417 e. The average molecular weight is 341 g/mol. The van der Waals surface area contributed by atoms with Crippen LogP contribution in [0.1, 0.15) is 57.8 Å². The van der Waals surface area contributed by atoms with Crippen molar-refractivity contribution in [1.29, 1.82) is 0 Å². The van der Waals surface area contributed by atoms with E-state index in [0.717, 1.165) is 32.1 Å². The van der Waals surface area contributed by atoms with Crippen molar-refractivity contribution in [3.63, 3.8) is 0 Å². The van der Waals surface area contributed by atoms with E-state index in [1.165, 1.54) is 0 Å². The molecule has 0 aromatic heterocycles. The highest BCUT2D eigenvalue weighted by molar-refractivity contribution is 7.80. The molecule has 0 bridgehead atoms. The number of aliphatic carboxylic acids is 1. The highest BCUT2D eigenvalue weighted by atomic mass is 32.1. The van der Waals surface area contributed by atoms with E-state index < -0.39 is 24.2 Å². The van der Waals surface area contributed by atoms with Gasteiger partial charge in [-0.15, -0.1) is 0 Å². The third kappa shape index (κ3) is 6.91. The first-order valence-electron chi connectivity index (χ1n) is 7.56. The van der Waals surface area contributed by atoms with E-state index in [9.17, 15) is 18.0 Å². The van der Waals surface area contributed by atoms with Gasteiger partial charge in [-0.2, -0.15) is 13.2 Å². The molecule has 1 fully saturated rings. The average Bonchev–Trinajstić information content (AvgIpc) is 2.78. The van der Waals surface area contributed by atoms with Crippen LogP contribution in [0.25, 0.3) is 0 Å². The molecule has 1 aliphatic heterocycles. The Morgan fingerprint density at radius 3 is 2.23 bits per heavy atom. The number of rotatable bonds is 10. The number of carbonyl (C=O) groups is 1. The van der Waals surface area contributed by atoms with E-state index >= 15 is 0 Å². The normalized spacial score (nSPS) is 21.9. The van der Waals surface area contributed by atoms with Crippen LogP contribution in [-0.4, -0.2) is 28.3 Å². The SMILES string of the molecule is O=C(O)CCCCCCCCCC1C(=S)NOC1C(F)(F)F. The molecule has 2 N–H and O–H groups in total. The Kier molecular flexibility index (Phi) is 8.09. The molecule has 0 spiro atoms. The molecule has 0 aromatic rings. The molecule has 0 aliphatic carbocycles. The zero-order valence-electron chi connectivity index (χ0n) is 12.3. The lowest BCUT2D eigenvalue weighted by atomic mass is 9.95. The molecule has 8 heteroatoms. The summed E-state index contributed by atoms with van der Waals surface area (Å²) in [5.41, 5.74) is 2.17. The number of nitrogens with one attached hydrogen (secondary N) is 1. The molecule has 2 atom stereocenters. The Labute approximate surface area is 133 Å². The molecule has 0 aromatic carbocycles. The fraction of sp³-hybridized carbons (Fsp3) is 0.857. The third-order valence-electron chi connectivity index (χ3n) is 3.72. The molecule has 0 saturated carbocycles. The van der Waals surface area contributed by atoms with Crippen LogP contribution in [0.3, 0.4) is 0 Å². The van der Waals surface area contributed by atoms with Crippen molar-refractivity contribution in [3.8, 4) is 0 Å². The molecule has 2 unspecified atom stereocenters. The van der Waals surface area contributed by atoms with Gasteiger partial charge in [-0.3, -0.25) is 15.1 Å². The zero-order valence-corrected chi connectivity index (χ0v) is 13.1. The van der Waals surface area contributed by atoms with Crippen LogP contribution in [0.15, 0.2) is 0 Å². The van der Waals surface area contributed by atoms with Crippen molar-refractivity contribution in [2.24, 2.45) is 5.92 Å². The van der Waals surface area contributed by atoms with Crippen LogP contribution in [0.4, 0.5) is 13.2 Å². The minimum Gasteiger partial charge on any atom is -0.481 e. The molecule has 1 aliphatic rings. The van der Waals surface area contributed by atoms with Crippen molar-refractivity contribution in [2.45, 2.75) is 70.1 Å². The van der Waals surface area contributed by atoms with Crippen LogP contribution in [0.2, 0.25) is 0 Å². The monoisotopic (exact) mass is 341 g/mol. The number of carboxylic acids is 1. The summed E-state index contributed by atoms with van der Waals surface area (Å²) in [6.07, 6.45) is 0.308. The Morgan fingerprint density at radius 2 is 1.68 bits per heavy atom. The summed E-state index contributed by atoms with van der Waals surface area (Å²) in [5, 5.41) is 8.48. The van der Waals surface area contributed by atoms with E-state index in [2.05, 4.69) is 10.3 Å².